The van der Waals surface area contributed by atoms with Crippen LogP contribution in [0.25, 0.3) is 0 Å². The molecular weight excluding hydrogens is 571 g/mol. The van der Waals surface area contributed by atoms with Gasteiger partial charge in [0.15, 0.2) is 0 Å². The lowest BCUT2D eigenvalue weighted by Gasteiger charge is -2.47. The van der Waals surface area contributed by atoms with Crippen LogP contribution in [-0.4, -0.2) is 72.0 Å². The molecule has 2 atom stereocenters. The van der Waals surface area contributed by atoms with Gasteiger partial charge in [-0.3, -0.25) is 14.6 Å². The second-order valence-electron chi connectivity index (χ2n) is 11.8. The molecule has 0 radical (unpaired) electrons. The summed E-state index contributed by atoms with van der Waals surface area (Å²) in [6.07, 6.45) is -0.801. The molecule has 9 heteroatoms. The molecule has 43 heavy (non-hydrogen) atoms. The van der Waals surface area contributed by atoms with Gasteiger partial charge in [-0.25, -0.2) is 0 Å². The van der Waals surface area contributed by atoms with Gasteiger partial charge in [0.1, 0.15) is 10.6 Å². The second kappa shape index (κ2) is 13.8. The maximum absolute atomic E-state index is 13.1. The molecule has 2 aliphatic heterocycles. The largest absolute Gasteiger partial charge is 0.492 e. The van der Waals surface area contributed by atoms with Gasteiger partial charge >= 0.3 is 6.18 Å². The van der Waals surface area contributed by atoms with Crippen molar-refractivity contribution in [2.45, 2.75) is 70.8 Å². The fourth-order valence-electron chi connectivity index (χ4n) is 6.51. The van der Waals surface area contributed by atoms with Crippen molar-refractivity contribution in [2.24, 2.45) is 0 Å². The van der Waals surface area contributed by atoms with Crippen molar-refractivity contribution in [3.05, 3.63) is 87.1 Å². The Hall–Kier alpha value is -2.88. The van der Waals surface area contributed by atoms with E-state index in [1.165, 1.54) is 22.5 Å². The first-order chi connectivity index (χ1) is 20.6. The fraction of sp³-hybridized carbons (Fsp3) is 0.500. The zero-order valence-corrected chi connectivity index (χ0v) is 26.1. The zero-order chi connectivity index (χ0) is 30.6. The molecule has 2 fully saturated rings. The van der Waals surface area contributed by atoms with Gasteiger partial charge in [-0.1, -0.05) is 36.4 Å². The number of ether oxygens (including phenoxy) is 1. The molecular formula is C34H42F3N3O2S. The van der Waals surface area contributed by atoms with Crippen LogP contribution in [0.15, 0.2) is 60.0 Å². The van der Waals surface area contributed by atoms with Crippen molar-refractivity contribution in [2.75, 3.05) is 39.3 Å². The van der Waals surface area contributed by atoms with Crippen LogP contribution in [-0.2, 0) is 19.0 Å². The third-order valence-electron chi connectivity index (χ3n) is 9.04. The van der Waals surface area contributed by atoms with Crippen molar-refractivity contribution < 1.29 is 22.7 Å². The lowest BCUT2D eigenvalue weighted by Crippen LogP contribution is -2.57. The molecule has 0 unspecified atom stereocenters. The molecule has 0 N–H and O–H groups in total. The predicted molar refractivity (Wildman–Crippen MR) is 166 cm³/mol. The zero-order valence-electron chi connectivity index (χ0n) is 25.3. The maximum Gasteiger partial charge on any atom is 0.416 e. The van der Waals surface area contributed by atoms with Crippen LogP contribution in [0.1, 0.15) is 71.6 Å². The molecule has 1 aromatic heterocycles. The summed E-state index contributed by atoms with van der Waals surface area (Å²) in [5, 5.41) is 1.92. The summed E-state index contributed by atoms with van der Waals surface area (Å²) in [6, 6.07) is 17.3. The molecule has 0 spiro atoms. The Morgan fingerprint density at radius 1 is 0.953 bits per heavy atom. The lowest BCUT2D eigenvalue weighted by molar-refractivity contribution is -0.137. The number of carbonyl (C=O) groups excluding carboxylic acids is 1. The molecule has 232 valence electrons. The number of amides is 1. The van der Waals surface area contributed by atoms with Gasteiger partial charge in [-0.05, 0) is 86.7 Å². The minimum atomic E-state index is -4.30. The highest BCUT2D eigenvalue weighted by atomic mass is 32.1. The highest BCUT2D eigenvalue weighted by molar-refractivity contribution is 7.12. The van der Waals surface area contributed by atoms with Crippen LogP contribution >= 0.6 is 11.3 Å². The van der Waals surface area contributed by atoms with Gasteiger partial charge in [0.2, 0.25) is 0 Å². The van der Waals surface area contributed by atoms with Gasteiger partial charge < -0.3 is 9.64 Å². The Balaban J connectivity index is 1.08. The summed E-state index contributed by atoms with van der Waals surface area (Å²) < 4.78 is 44.1. The maximum atomic E-state index is 13.1. The van der Waals surface area contributed by atoms with Crippen LogP contribution in [0.3, 0.4) is 0 Å². The first kappa shape index (κ1) is 31.5. The third-order valence-corrected chi connectivity index (χ3v) is 9.93. The highest BCUT2D eigenvalue weighted by Gasteiger charge is 2.34. The highest BCUT2D eigenvalue weighted by Crippen LogP contribution is 2.31. The minimum absolute atomic E-state index is 0.0921. The number of rotatable bonds is 9. The monoisotopic (exact) mass is 613 g/mol. The predicted octanol–water partition coefficient (Wildman–Crippen LogP) is 7.32. The normalized spacial score (nSPS) is 19.9. The number of piperidine rings is 1. The topological polar surface area (TPSA) is 36.0 Å². The standard InChI is InChI=1S/C34H42F3N3O2S/c1-4-42-31-17-22-43-32(31)33(41)38-18-15-30(16-19-38)39-20-21-40(24(2)23-39)25(3)28-11-7-26(8-12-28)5-6-27-9-13-29(14-10-27)34(35,36)37/h7-14,17,22,24-25,30H,4-6,15-16,18-21,23H2,1-3H3/t24-,25+/m1/s1. The van der Waals surface area contributed by atoms with E-state index in [9.17, 15) is 18.0 Å². The molecule has 0 bridgehead atoms. The Morgan fingerprint density at radius 3 is 2.16 bits per heavy atom. The number of hydrogen-bond acceptors (Lipinski definition) is 5. The van der Waals surface area contributed by atoms with Crippen molar-refractivity contribution in [3.8, 4) is 5.75 Å². The van der Waals surface area contributed by atoms with E-state index in [-0.39, 0.29) is 5.91 Å². The molecule has 3 aromatic rings. The smallest absolute Gasteiger partial charge is 0.416 e. The number of aryl methyl sites for hydroxylation is 2. The summed E-state index contributed by atoms with van der Waals surface area (Å²) in [7, 11) is 0. The van der Waals surface area contributed by atoms with Crippen LogP contribution < -0.4 is 4.74 Å². The van der Waals surface area contributed by atoms with Crippen LogP contribution in [0.5, 0.6) is 5.75 Å². The van der Waals surface area contributed by atoms with Gasteiger partial charge in [0.25, 0.3) is 5.91 Å². The first-order valence-corrected chi connectivity index (χ1v) is 16.3. The summed E-state index contributed by atoms with van der Waals surface area (Å²) >= 11 is 1.46. The van der Waals surface area contributed by atoms with E-state index in [0.29, 0.717) is 41.8 Å². The number of piperazine rings is 1. The second-order valence-corrected chi connectivity index (χ2v) is 12.7. The number of benzene rings is 2. The average molecular weight is 614 g/mol. The Kier molecular flexibility index (Phi) is 10.1. The molecule has 0 saturated carbocycles. The Labute approximate surface area is 257 Å². The summed E-state index contributed by atoms with van der Waals surface area (Å²) in [5.74, 6) is 0.793. The molecule has 5 rings (SSSR count). The van der Waals surface area contributed by atoms with E-state index in [2.05, 4.69) is 47.9 Å². The van der Waals surface area contributed by atoms with Crippen LogP contribution in [0.4, 0.5) is 13.2 Å². The number of likely N-dealkylation sites (tertiary alicyclic amines) is 1. The molecule has 5 nitrogen and oxygen atoms in total. The molecule has 1 amide bonds. The average Bonchev–Trinajstić information content (AvgIpc) is 3.48. The SMILES string of the molecule is CCOc1ccsc1C(=O)N1CCC(N2CCN([C@@H](C)c3ccc(CCc4ccc(C(F)(F)F)cc4)cc3)[C@H](C)C2)CC1. The van der Waals surface area contributed by atoms with E-state index >= 15 is 0 Å². The minimum Gasteiger partial charge on any atom is -0.492 e. The van der Waals surface area contributed by atoms with Crippen molar-refractivity contribution >= 4 is 17.2 Å². The van der Waals surface area contributed by atoms with Gasteiger partial charge in [-0.2, -0.15) is 13.2 Å². The van der Waals surface area contributed by atoms with Crippen molar-refractivity contribution in [3.63, 3.8) is 0 Å². The van der Waals surface area contributed by atoms with Gasteiger partial charge in [0.05, 0.1) is 12.2 Å². The van der Waals surface area contributed by atoms with E-state index in [4.69, 9.17) is 4.74 Å². The van der Waals surface area contributed by atoms with E-state index < -0.39 is 11.7 Å². The first-order valence-electron chi connectivity index (χ1n) is 15.4. The van der Waals surface area contributed by atoms with Crippen LogP contribution in [0.2, 0.25) is 0 Å². The van der Waals surface area contributed by atoms with Crippen molar-refractivity contribution in [1.82, 2.24) is 14.7 Å². The lowest BCUT2D eigenvalue weighted by atomic mass is 9.97. The number of carbonyl (C=O) groups is 1. The summed E-state index contributed by atoms with van der Waals surface area (Å²) in [6.45, 7) is 11.7. The Morgan fingerprint density at radius 2 is 1.58 bits per heavy atom. The van der Waals surface area contributed by atoms with E-state index in [0.717, 1.165) is 69.7 Å². The van der Waals surface area contributed by atoms with Gasteiger partial charge in [0, 0.05) is 50.8 Å². The Bertz CT molecular complexity index is 1330. The molecule has 2 aliphatic rings. The molecule has 2 saturated heterocycles. The number of halogens is 3. The van der Waals surface area contributed by atoms with Crippen molar-refractivity contribution in [1.29, 1.82) is 0 Å². The number of alkyl halides is 3. The number of hydrogen-bond donors (Lipinski definition) is 0. The van der Waals surface area contributed by atoms with Gasteiger partial charge in [-0.15, -0.1) is 11.3 Å². The number of thiophene rings is 1. The molecule has 2 aromatic carbocycles. The van der Waals surface area contributed by atoms with Crippen LogP contribution in [0, 0.1) is 0 Å². The number of nitrogens with zero attached hydrogens (tertiary/aromatic N) is 3. The summed E-state index contributed by atoms with van der Waals surface area (Å²) in [5.41, 5.74) is 2.78. The third kappa shape index (κ3) is 7.62. The quantitative estimate of drug-likeness (QED) is 0.253. The van der Waals surface area contributed by atoms with E-state index in [1.54, 1.807) is 12.1 Å². The molecule has 3 heterocycles. The fourth-order valence-corrected chi connectivity index (χ4v) is 7.31. The summed E-state index contributed by atoms with van der Waals surface area (Å²) in [4.78, 5) is 21.0. The molecule has 0 aliphatic carbocycles. The van der Waals surface area contributed by atoms with E-state index in [1.807, 2.05) is 23.3 Å².